The number of nitriles is 1. The molecule has 0 amide bonds. The molecule has 0 fully saturated rings. The fourth-order valence-electron chi connectivity index (χ4n) is 2.70. The molecule has 0 N–H and O–H groups in total. The average molecular weight is 334 g/mol. The predicted molar refractivity (Wildman–Crippen MR) is 91.4 cm³/mol. The van der Waals surface area contributed by atoms with Crippen LogP contribution in [-0.2, 0) is 6.54 Å². The molecule has 7 heteroatoms. The lowest BCUT2D eigenvalue weighted by atomic mass is 10.1. The molecule has 3 aromatic heterocycles. The molecule has 1 aromatic carbocycles. The van der Waals surface area contributed by atoms with Crippen LogP contribution < -0.4 is 11.0 Å². The van der Waals surface area contributed by atoms with Gasteiger partial charge in [-0.05, 0) is 12.1 Å². The Labute approximate surface area is 139 Å². The minimum Gasteiger partial charge on any atom is -0.340 e. The number of rotatable bonds is 2. The number of hydrogen-bond acceptors (Lipinski definition) is 5. The number of hydrogen-bond donors (Lipinski definition) is 0. The molecule has 0 atom stereocenters. The zero-order chi connectivity index (χ0) is 16.7. The predicted octanol–water partition coefficient (Wildman–Crippen LogP) is 1.99. The summed E-state index contributed by atoms with van der Waals surface area (Å²) in [5.41, 5.74) is 0.922. The molecule has 0 aliphatic heterocycles. The van der Waals surface area contributed by atoms with Gasteiger partial charge in [0.25, 0.3) is 5.56 Å². The fourth-order valence-corrected chi connectivity index (χ4v) is 3.44. The van der Waals surface area contributed by atoms with Crippen LogP contribution in [0.4, 0.5) is 0 Å². The van der Waals surface area contributed by atoms with E-state index in [9.17, 15) is 14.9 Å². The van der Waals surface area contributed by atoms with Crippen LogP contribution >= 0.6 is 11.3 Å². The largest absolute Gasteiger partial charge is 0.340 e. The summed E-state index contributed by atoms with van der Waals surface area (Å²) in [6, 6.07) is 10.5. The zero-order valence-electron chi connectivity index (χ0n) is 12.3. The first-order valence-electron chi connectivity index (χ1n) is 7.15. The van der Waals surface area contributed by atoms with Crippen molar-refractivity contribution in [2.75, 3.05) is 0 Å². The third-order valence-corrected chi connectivity index (χ3v) is 4.55. The van der Waals surface area contributed by atoms with Gasteiger partial charge in [0.15, 0.2) is 4.96 Å². The van der Waals surface area contributed by atoms with E-state index in [1.165, 1.54) is 28.0 Å². The van der Waals surface area contributed by atoms with Crippen molar-refractivity contribution in [1.29, 1.82) is 5.26 Å². The minimum absolute atomic E-state index is 0.0719. The maximum absolute atomic E-state index is 12.3. The van der Waals surface area contributed by atoms with Crippen LogP contribution in [0.3, 0.4) is 0 Å². The van der Waals surface area contributed by atoms with Gasteiger partial charge in [-0.1, -0.05) is 12.1 Å². The maximum Gasteiger partial charge on any atom is 0.258 e. The molecule has 0 unspecified atom stereocenters. The van der Waals surface area contributed by atoms with Crippen LogP contribution in [0.5, 0.6) is 0 Å². The number of nitrogens with zero attached hydrogens (tertiary/aromatic N) is 4. The Hall–Kier alpha value is -3.24. The number of aromatic nitrogens is 3. The van der Waals surface area contributed by atoms with Crippen molar-refractivity contribution in [3.63, 3.8) is 0 Å². The van der Waals surface area contributed by atoms with Gasteiger partial charge >= 0.3 is 0 Å². The molecule has 0 radical (unpaired) electrons. The third kappa shape index (κ3) is 2.21. The summed E-state index contributed by atoms with van der Waals surface area (Å²) in [4.78, 5) is 29.5. The Kier molecular flexibility index (Phi) is 3.25. The summed E-state index contributed by atoms with van der Waals surface area (Å²) in [6.45, 7) is 0.305. The normalized spacial score (nSPS) is 11.0. The summed E-state index contributed by atoms with van der Waals surface area (Å²) in [5, 5.41) is 11.5. The summed E-state index contributed by atoms with van der Waals surface area (Å²) in [6.07, 6.45) is 3.20. The van der Waals surface area contributed by atoms with Crippen LogP contribution in [0.1, 0.15) is 11.3 Å². The molecule has 6 nitrogen and oxygen atoms in total. The number of fused-ring (bicyclic) bond motifs is 2. The Balaban J connectivity index is 1.93. The van der Waals surface area contributed by atoms with Crippen molar-refractivity contribution in [1.82, 2.24) is 14.0 Å². The van der Waals surface area contributed by atoms with Gasteiger partial charge in [0.05, 0.1) is 17.8 Å². The molecule has 0 aliphatic carbocycles. The zero-order valence-corrected chi connectivity index (χ0v) is 13.2. The molecule has 4 aromatic rings. The summed E-state index contributed by atoms with van der Waals surface area (Å²) in [5.74, 6) is 0. The van der Waals surface area contributed by atoms with E-state index < -0.39 is 0 Å². The Morgan fingerprint density at radius 3 is 2.92 bits per heavy atom. The SMILES string of the molecule is N#Cc1cn(Cc2cc(=O)n3ccsc3n2)c2ccccc2c1=O. The number of thiazole rings is 1. The quantitative estimate of drug-likeness (QED) is 0.561. The topological polar surface area (TPSA) is 80.2 Å². The number of pyridine rings is 1. The van der Waals surface area contributed by atoms with Gasteiger partial charge in [0.1, 0.15) is 11.6 Å². The molecule has 0 bridgehead atoms. The second-order valence-electron chi connectivity index (χ2n) is 5.27. The number of para-hydroxylation sites is 1. The van der Waals surface area contributed by atoms with Gasteiger partial charge in [-0.3, -0.25) is 14.0 Å². The van der Waals surface area contributed by atoms with Gasteiger partial charge in [-0.15, -0.1) is 11.3 Å². The van der Waals surface area contributed by atoms with Crippen molar-refractivity contribution in [2.45, 2.75) is 6.54 Å². The van der Waals surface area contributed by atoms with Crippen LogP contribution in [0, 0.1) is 11.3 Å². The Morgan fingerprint density at radius 1 is 1.25 bits per heavy atom. The van der Waals surface area contributed by atoms with Crippen molar-refractivity contribution in [3.8, 4) is 6.07 Å². The highest BCUT2D eigenvalue weighted by Gasteiger charge is 2.10. The van der Waals surface area contributed by atoms with Crippen LogP contribution in [0.25, 0.3) is 15.9 Å². The first kappa shape index (κ1) is 14.4. The molecule has 3 heterocycles. The molecular weight excluding hydrogens is 324 g/mol. The first-order valence-corrected chi connectivity index (χ1v) is 8.03. The molecular formula is C17H10N4O2S. The highest BCUT2D eigenvalue weighted by atomic mass is 32.1. The van der Waals surface area contributed by atoms with Crippen molar-refractivity contribution in [2.24, 2.45) is 0 Å². The maximum atomic E-state index is 12.3. The van der Waals surface area contributed by atoms with Gasteiger partial charge in [-0.25, -0.2) is 4.98 Å². The lowest BCUT2D eigenvalue weighted by Gasteiger charge is -2.11. The lowest BCUT2D eigenvalue weighted by molar-refractivity contribution is 0.792. The second-order valence-corrected chi connectivity index (χ2v) is 6.14. The van der Waals surface area contributed by atoms with Gasteiger partial charge in [-0.2, -0.15) is 5.26 Å². The van der Waals surface area contributed by atoms with E-state index in [2.05, 4.69) is 4.98 Å². The van der Waals surface area contributed by atoms with E-state index in [1.54, 1.807) is 28.3 Å². The van der Waals surface area contributed by atoms with Gasteiger partial charge < -0.3 is 4.57 Å². The average Bonchev–Trinajstić information content (AvgIpc) is 3.06. The minimum atomic E-state index is -0.286. The first-order chi connectivity index (χ1) is 11.7. The summed E-state index contributed by atoms with van der Waals surface area (Å²) in [7, 11) is 0. The van der Waals surface area contributed by atoms with Crippen LogP contribution in [0.15, 0.2) is 57.7 Å². The van der Waals surface area contributed by atoms with Crippen LogP contribution in [0.2, 0.25) is 0 Å². The molecule has 0 saturated carbocycles. The van der Waals surface area contributed by atoms with E-state index in [0.29, 0.717) is 28.1 Å². The van der Waals surface area contributed by atoms with Crippen LogP contribution in [-0.4, -0.2) is 14.0 Å². The Bertz CT molecular complexity index is 1240. The fraction of sp³-hybridized carbons (Fsp3) is 0.0588. The Morgan fingerprint density at radius 2 is 2.08 bits per heavy atom. The highest BCUT2D eigenvalue weighted by Crippen LogP contribution is 2.14. The van der Waals surface area contributed by atoms with E-state index in [-0.39, 0.29) is 16.6 Å². The van der Waals surface area contributed by atoms with Crippen molar-refractivity contribution in [3.05, 3.63) is 79.9 Å². The molecule has 116 valence electrons. The second kappa shape index (κ2) is 5.44. The molecule has 0 spiro atoms. The van der Waals surface area contributed by atoms with E-state index in [1.807, 2.05) is 18.2 Å². The standard InChI is InChI=1S/C17H10N4O2S/c18-8-11-9-20(14-4-2-1-3-13(14)16(11)23)10-12-7-15(22)21-5-6-24-17(21)19-12/h1-7,9H,10H2. The molecule has 24 heavy (non-hydrogen) atoms. The van der Waals surface area contributed by atoms with Crippen molar-refractivity contribution < 1.29 is 0 Å². The summed E-state index contributed by atoms with van der Waals surface area (Å²) < 4.78 is 3.26. The summed E-state index contributed by atoms with van der Waals surface area (Å²) >= 11 is 1.38. The van der Waals surface area contributed by atoms with Gasteiger partial charge in [0, 0.05) is 29.2 Å². The number of benzene rings is 1. The molecule has 4 rings (SSSR count). The molecule has 0 aliphatic rings. The monoisotopic (exact) mass is 334 g/mol. The van der Waals surface area contributed by atoms with Crippen molar-refractivity contribution >= 4 is 27.2 Å². The highest BCUT2D eigenvalue weighted by molar-refractivity contribution is 7.15. The lowest BCUT2D eigenvalue weighted by Crippen LogP contribution is -2.17. The van der Waals surface area contributed by atoms with E-state index in [4.69, 9.17) is 0 Å². The molecule has 0 saturated heterocycles. The van der Waals surface area contributed by atoms with E-state index in [0.717, 1.165) is 0 Å². The van der Waals surface area contributed by atoms with E-state index >= 15 is 0 Å². The smallest absolute Gasteiger partial charge is 0.258 e. The third-order valence-electron chi connectivity index (χ3n) is 3.80. The van der Waals surface area contributed by atoms with Gasteiger partial charge in [0.2, 0.25) is 5.43 Å².